The molecule has 0 aliphatic carbocycles. The molecule has 0 radical (unpaired) electrons. The van der Waals surface area contributed by atoms with Gasteiger partial charge < -0.3 is 4.42 Å². The third-order valence-corrected chi connectivity index (χ3v) is 4.65. The van der Waals surface area contributed by atoms with Gasteiger partial charge in [0.05, 0.1) is 16.4 Å². The third-order valence-electron chi connectivity index (χ3n) is 4.19. The number of aryl methyl sites for hydroxylation is 4. The van der Waals surface area contributed by atoms with Crippen LogP contribution in [0.3, 0.4) is 0 Å². The first kappa shape index (κ1) is 19.4. The molecule has 3 heterocycles. The third kappa shape index (κ3) is 3.85. The molecule has 1 atom stereocenters. The van der Waals surface area contributed by atoms with Crippen molar-refractivity contribution in [3.05, 3.63) is 45.6 Å². The van der Waals surface area contributed by atoms with Crippen molar-refractivity contribution in [2.24, 2.45) is 0 Å². The maximum Gasteiger partial charge on any atom is 0.436 e. The number of alkyl halides is 3. The van der Waals surface area contributed by atoms with Crippen molar-refractivity contribution < 1.29 is 17.6 Å². The zero-order valence-corrected chi connectivity index (χ0v) is 15.9. The number of aromatic nitrogens is 6. The fourth-order valence-corrected chi connectivity index (χ4v) is 3.03. The molecule has 0 saturated heterocycles. The van der Waals surface area contributed by atoms with Gasteiger partial charge >= 0.3 is 6.18 Å². The van der Waals surface area contributed by atoms with Crippen LogP contribution in [-0.2, 0) is 19.1 Å². The van der Waals surface area contributed by atoms with Gasteiger partial charge in [-0.15, -0.1) is 10.2 Å². The molecule has 3 aromatic heterocycles. The van der Waals surface area contributed by atoms with E-state index in [0.717, 1.165) is 16.1 Å². The van der Waals surface area contributed by atoms with Gasteiger partial charge in [-0.05, 0) is 33.8 Å². The van der Waals surface area contributed by atoms with Crippen molar-refractivity contribution >= 4 is 11.6 Å². The predicted octanol–water partition coefficient (Wildman–Crippen LogP) is 3.91. The van der Waals surface area contributed by atoms with Gasteiger partial charge in [0.1, 0.15) is 6.04 Å². The average Bonchev–Trinajstić information content (AvgIpc) is 3.24. The molecule has 3 rings (SSSR count). The molecule has 0 fully saturated rings. The molecule has 3 aromatic rings. The summed E-state index contributed by atoms with van der Waals surface area (Å²) in [5, 5.41) is 15.4. The van der Waals surface area contributed by atoms with Gasteiger partial charge in [0, 0.05) is 18.7 Å². The molecule has 7 nitrogen and oxygen atoms in total. The number of hydrogen-bond acceptors (Lipinski definition) is 5. The van der Waals surface area contributed by atoms with Gasteiger partial charge in [0.15, 0.2) is 5.69 Å². The second-order valence-corrected chi connectivity index (χ2v) is 6.68. The predicted molar refractivity (Wildman–Crippen MR) is 90.5 cm³/mol. The lowest BCUT2D eigenvalue weighted by Gasteiger charge is -2.09. The van der Waals surface area contributed by atoms with Crippen LogP contribution < -0.4 is 0 Å². The van der Waals surface area contributed by atoms with E-state index in [1.54, 1.807) is 6.92 Å². The minimum atomic E-state index is -4.63. The molecule has 0 saturated carbocycles. The van der Waals surface area contributed by atoms with E-state index in [9.17, 15) is 13.2 Å². The van der Waals surface area contributed by atoms with Crippen LogP contribution in [0.5, 0.6) is 0 Å². The molecule has 27 heavy (non-hydrogen) atoms. The maximum absolute atomic E-state index is 13.0. The lowest BCUT2D eigenvalue weighted by atomic mass is 10.3. The van der Waals surface area contributed by atoms with Gasteiger partial charge in [-0.1, -0.05) is 11.6 Å². The summed E-state index contributed by atoms with van der Waals surface area (Å²) < 4.78 is 47.5. The summed E-state index contributed by atoms with van der Waals surface area (Å²) >= 11 is 5.79. The Morgan fingerprint density at radius 2 is 1.89 bits per heavy atom. The second kappa shape index (κ2) is 6.99. The first-order chi connectivity index (χ1) is 12.6. The van der Waals surface area contributed by atoms with Crippen molar-refractivity contribution in [2.45, 2.75) is 52.9 Å². The zero-order valence-electron chi connectivity index (χ0n) is 15.2. The van der Waals surface area contributed by atoms with Crippen molar-refractivity contribution in [1.82, 2.24) is 29.8 Å². The lowest BCUT2D eigenvalue weighted by molar-refractivity contribution is -0.141. The standard InChI is InChI=1S/C16H18ClF3N6O/c1-8-7-9(2)25(23-8)6-5-12-21-22-15(27-12)11(4)26-10(3)13(17)14(24-26)16(18,19)20/h7,11H,5-6H2,1-4H3. The van der Waals surface area contributed by atoms with Crippen molar-refractivity contribution in [3.8, 4) is 0 Å². The van der Waals surface area contributed by atoms with Crippen LogP contribution in [-0.4, -0.2) is 29.8 Å². The molecule has 0 aliphatic heterocycles. The smallest absolute Gasteiger partial charge is 0.423 e. The Labute approximate surface area is 158 Å². The van der Waals surface area contributed by atoms with Crippen LogP contribution in [0.1, 0.15) is 47.5 Å². The number of rotatable bonds is 5. The highest BCUT2D eigenvalue weighted by Gasteiger charge is 2.39. The summed E-state index contributed by atoms with van der Waals surface area (Å²) in [4.78, 5) is 0. The first-order valence-electron chi connectivity index (χ1n) is 8.23. The van der Waals surface area contributed by atoms with E-state index >= 15 is 0 Å². The van der Waals surface area contributed by atoms with Gasteiger partial charge in [-0.25, -0.2) is 0 Å². The number of hydrogen-bond donors (Lipinski definition) is 0. The minimum Gasteiger partial charge on any atom is -0.423 e. The van der Waals surface area contributed by atoms with Gasteiger partial charge in [-0.3, -0.25) is 9.36 Å². The van der Waals surface area contributed by atoms with Crippen molar-refractivity contribution in [3.63, 3.8) is 0 Å². The Morgan fingerprint density at radius 3 is 2.44 bits per heavy atom. The zero-order chi connectivity index (χ0) is 19.9. The summed E-state index contributed by atoms with van der Waals surface area (Å²) in [6.07, 6.45) is -4.18. The van der Waals surface area contributed by atoms with Crippen LogP contribution in [0.25, 0.3) is 0 Å². The molecular weight excluding hydrogens is 385 g/mol. The summed E-state index contributed by atoms with van der Waals surface area (Å²) in [7, 11) is 0. The van der Waals surface area contributed by atoms with Gasteiger partial charge in [-0.2, -0.15) is 23.4 Å². The molecular formula is C16H18ClF3N6O. The molecule has 0 aromatic carbocycles. The molecule has 0 spiro atoms. The summed E-state index contributed by atoms with van der Waals surface area (Å²) in [6.45, 7) is 7.49. The van der Waals surface area contributed by atoms with E-state index in [4.69, 9.17) is 16.0 Å². The van der Waals surface area contributed by atoms with E-state index < -0.39 is 22.9 Å². The van der Waals surface area contributed by atoms with Gasteiger partial charge in [0.25, 0.3) is 0 Å². The molecule has 146 valence electrons. The van der Waals surface area contributed by atoms with E-state index in [2.05, 4.69) is 20.4 Å². The largest absolute Gasteiger partial charge is 0.436 e. The first-order valence-corrected chi connectivity index (χ1v) is 8.61. The molecule has 11 heteroatoms. The highest BCUT2D eigenvalue weighted by molar-refractivity contribution is 6.31. The van der Waals surface area contributed by atoms with Crippen LogP contribution >= 0.6 is 11.6 Å². The van der Waals surface area contributed by atoms with Crippen LogP contribution in [0.15, 0.2) is 10.5 Å². The van der Waals surface area contributed by atoms with E-state index in [-0.39, 0.29) is 11.6 Å². The Kier molecular flexibility index (Phi) is 5.02. The fraction of sp³-hybridized carbons (Fsp3) is 0.500. The van der Waals surface area contributed by atoms with Gasteiger partial charge in [0.2, 0.25) is 11.8 Å². The molecule has 0 aliphatic rings. The molecule has 1 unspecified atom stereocenters. The van der Waals surface area contributed by atoms with E-state index in [1.165, 1.54) is 6.92 Å². The van der Waals surface area contributed by atoms with Crippen LogP contribution in [0.2, 0.25) is 5.02 Å². The quantitative estimate of drug-likeness (QED) is 0.646. The van der Waals surface area contributed by atoms with Crippen molar-refractivity contribution in [1.29, 1.82) is 0 Å². The highest BCUT2D eigenvalue weighted by Crippen LogP contribution is 2.36. The SMILES string of the molecule is Cc1cc(C)n(CCc2nnc(C(C)n3nc(C(F)(F)F)c(Cl)c3C)o2)n1. The fourth-order valence-electron chi connectivity index (χ4n) is 2.80. The molecule has 0 amide bonds. The Hall–Kier alpha value is -2.36. The van der Waals surface area contributed by atoms with Crippen LogP contribution in [0.4, 0.5) is 13.2 Å². The Morgan fingerprint density at radius 1 is 1.19 bits per heavy atom. The second-order valence-electron chi connectivity index (χ2n) is 6.30. The summed E-state index contributed by atoms with van der Waals surface area (Å²) in [5.74, 6) is 0.533. The average molecular weight is 403 g/mol. The maximum atomic E-state index is 13.0. The Balaban J connectivity index is 1.77. The summed E-state index contributed by atoms with van der Waals surface area (Å²) in [6, 6.07) is 1.28. The highest BCUT2D eigenvalue weighted by atomic mass is 35.5. The van der Waals surface area contributed by atoms with E-state index in [1.807, 2.05) is 24.6 Å². The molecule has 0 bridgehead atoms. The molecule has 0 N–H and O–H groups in total. The topological polar surface area (TPSA) is 74.6 Å². The number of halogens is 4. The Bertz CT molecular complexity index is 958. The van der Waals surface area contributed by atoms with E-state index in [0.29, 0.717) is 18.9 Å². The normalized spacial score (nSPS) is 13.3. The van der Waals surface area contributed by atoms with Crippen molar-refractivity contribution in [2.75, 3.05) is 0 Å². The van der Waals surface area contributed by atoms with Crippen LogP contribution in [0, 0.1) is 20.8 Å². The number of nitrogens with zero attached hydrogens (tertiary/aromatic N) is 6. The lowest BCUT2D eigenvalue weighted by Crippen LogP contribution is -2.13. The minimum absolute atomic E-state index is 0.161. The summed E-state index contributed by atoms with van der Waals surface area (Å²) in [5.41, 5.74) is 0.984. The monoisotopic (exact) mass is 402 g/mol.